The zero-order valence-corrected chi connectivity index (χ0v) is 13.4. The largest absolute Gasteiger partial charge is 0.396 e. The van der Waals surface area contributed by atoms with E-state index in [0.29, 0.717) is 29.6 Å². The summed E-state index contributed by atoms with van der Waals surface area (Å²) in [7, 11) is -3.38. The molecule has 4 nitrogen and oxygen atoms in total. The fourth-order valence-corrected chi connectivity index (χ4v) is 4.81. The number of hydrogen-bond acceptors (Lipinski definition) is 4. The predicted molar refractivity (Wildman–Crippen MR) is 79.0 cm³/mol. The molecule has 0 amide bonds. The molecule has 110 valence electrons. The van der Waals surface area contributed by atoms with Gasteiger partial charge in [-0.15, -0.1) is 11.3 Å². The quantitative estimate of drug-likeness (QED) is 0.802. The average Bonchev–Trinajstić information content (AvgIpc) is 2.85. The van der Waals surface area contributed by atoms with Gasteiger partial charge < -0.3 is 5.11 Å². The molecule has 0 aliphatic carbocycles. The van der Waals surface area contributed by atoms with Crippen molar-refractivity contribution in [3.63, 3.8) is 0 Å². The van der Waals surface area contributed by atoms with Crippen LogP contribution in [0.2, 0.25) is 0 Å². The first-order chi connectivity index (χ1) is 8.95. The minimum atomic E-state index is -3.38. The van der Waals surface area contributed by atoms with E-state index in [2.05, 4.69) is 13.8 Å². The van der Waals surface area contributed by atoms with Gasteiger partial charge in [0.25, 0.3) is 10.0 Å². The van der Waals surface area contributed by atoms with E-state index in [4.69, 9.17) is 5.11 Å². The van der Waals surface area contributed by atoms with Crippen LogP contribution in [0.15, 0.2) is 16.3 Å². The summed E-state index contributed by atoms with van der Waals surface area (Å²) in [5, 5.41) is 8.88. The van der Waals surface area contributed by atoms with Crippen LogP contribution in [0.25, 0.3) is 0 Å². The van der Waals surface area contributed by atoms with Crippen molar-refractivity contribution in [2.75, 3.05) is 19.7 Å². The minimum absolute atomic E-state index is 0.0460. The molecule has 0 fully saturated rings. The van der Waals surface area contributed by atoms with Gasteiger partial charge in [-0.25, -0.2) is 8.42 Å². The second-order valence-corrected chi connectivity index (χ2v) is 8.00. The lowest BCUT2D eigenvalue weighted by Crippen LogP contribution is -2.34. The number of nitrogens with zero attached hydrogens (tertiary/aromatic N) is 1. The Balaban J connectivity index is 2.92. The molecule has 0 spiro atoms. The number of hydrogen-bond donors (Lipinski definition) is 1. The van der Waals surface area contributed by atoms with Gasteiger partial charge >= 0.3 is 0 Å². The molecule has 1 aromatic rings. The van der Waals surface area contributed by atoms with E-state index in [0.717, 1.165) is 11.3 Å². The summed E-state index contributed by atoms with van der Waals surface area (Å²) < 4.78 is 26.9. The SMILES string of the molecule is CCC(C)CN(CC)S(=O)(=O)c1ccc(CCO)s1. The van der Waals surface area contributed by atoms with Crippen LogP contribution in [0.3, 0.4) is 0 Å². The molecular formula is C13H23NO3S2. The highest BCUT2D eigenvalue weighted by Gasteiger charge is 2.25. The van der Waals surface area contributed by atoms with Crippen molar-refractivity contribution in [1.29, 1.82) is 0 Å². The van der Waals surface area contributed by atoms with Gasteiger partial charge in [0.15, 0.2) is 0 Å². The lowest BCUT2D eigenvalue weighted by molar-refractivity contribution is 0.300. The topological polar surface area (TPSA) is 57.6 Å². The summed E-state index contributed by atoms with van der Waals surface area (Å²) >= 11 is 1.25. The van der Waals surface area contributed by atoms with E-state index in [1.54, 1.807) is 12.1 Å². The van der Waals surface area contributed by atoms with Gasteiger partial charge in [0.2, 0.25) is 0 Å². The molecule has 1 heterocycles. The van der Waals surface area contributed by atoms with Crippen molar-refractivity contribution in [2.45, 2.75) is 37.8 Å². The van der Waals surface area contributed by atoms with Gasteiger partial charge in [-0.05, 0) is 18.1 Å². The van der Waals surface area contributed by atoms with Crippen LogP contribution in [0.5, 0.6) is 0 Å². The summed E-state index contributed by atoms with van der Waals surface area (Å²) in [4.78, 5) is 0.903. The lowest BCUT2D eigenvalue weighted by Gasteiger charge is -2.22. The third kappa shape index (κ3) is 4.27. The molecule has 0 bridgehead atoms. The van der Waals surface area contributed by atoms with Gasteiger partial charge in [-0.3, -0.25) is 0 Å². The second-order valence-electron chi connectivity index (χ2n) is 4.66. The third-order valence-electron chi connectivity index (χ3n) is 3.15. The van der Waals surface area contributed by atoms with E-state index in [9.17, 15) is 8.42 Å². The van der Waals surface area contributed by atoms with Gasteiger partial charge in [0.05, 0.1) is 0 Å². The Hall–Kier alpha value is -0.430. The standard InChI is InChI=1S/C13H23NO3S2/c1-4-11(3)10-14(5-2)19(16,17)13-7-6-12(18-13)8-9-15/h6-7,11,15H,4-5,8-10H2,1-3H3. The van der Waals surface area contributed by atoms with Crippen molar-refractivity contribution in [1.82, 2.24) is 4.31 Å². The fraction of sp³-hybridized carbons (Fsp3) is 0.692. The smallest absolute Gasteiger partial charge is 0.252 e. The molecule has 19 heavy (non-hydrogen) atoms. The molecule has 0 aromatic carbocycles. The van der Waals surface area contributed by atoms with Crippen molar-refractivity contribution < 1.29 is 13.5 Å². The second kappa shape index (κ2) is 7.38. The highest BCUT2D eigenvalue weighted by Crippen LogP contribution is 2.26. The van der Waals surface area contributed by atoms with Crippen LogP contribution in [-0.4, -0.2) is 37.5 Å². The van der Waals surface area contributed by atoms with Crippen molar-refractivity contribution in [3.05, 3.63) is 17.0 Å². The van der Waals surface area contributed by atoms with E-state index in [1.807, 2.05) is 6.92 Å². The van der Waals surface area contributed by atoms with Crippen LogP contribution in [-0.2, 0) is 16.4 Å². The molecule has 0 saturated heterocycles. The maximum absolute atomic E-state index is 12.5. The fourth-order valence-electron chi connectivity index (χ4n) is 1.74. The van der Waals surface area contributed by atoms with Crippen LogP contribution in [0.4, 0.5) is 0 Å². The van der Waals surface area contributed by atoms with Crippen LogP contribution >= 0.6 is 11.3 Å². The van der Waals surface area contributed by atoms with Crippen LogP contribution in [0, 0.1) is 5.92 Å². The van der Waals surface area contributed by atoms with Crippen molar-refractivity contribution in [2.24, 2.45) is 5.92 Å². The number of thiophene rings is 1. The van der Waals surface area contributed by atoms with Gasteiger partial charge in [-0.2, -0.15) is 4.31 Å². The van der Waals surface area contributed by atoms with Crippen molar-refractivity contribution in [3.8, 4) is 0 Å². The first kappa shape index (κ1) is 16.6. The van der Waals surface area contributed by atoms with E-state index in [-0.39, 0.29) is 6.61 Å². The Morgan fingerprint density at radius 1 is 1.37 bits per heavy atom. The summed E-state index contributed by atoms with van der Waals surface area (Å²) in [5.41, 5.74) is 0. The number of rotatable bonds is 8. The molecule has 1 rings (SSSR count). The number of aliphatic hydroxyl groups excluding tert-OH is 1. The Bertz CT molecular complexity index is 482. The molecule has 1 unspecified atom stereocenters. The number of aliphatic hydroxyl groups is 1. The molecule has 1 atom stereocenters. The minimum Gasteiger partial charge on any atom is -0.396 e. The summed E-state index contributed by atoms with van der Waals surface area (Å²) in [6, 6.07) is 3.43. The van der Waals surface area contributed by atoms with Gasteiger partial charge in [-0.1, -0.05) is 27.2 Å². The molecule has 0 aliphatic heterocycles. The first-order valence-electron chi connectivity index (χ1n) is 6.65. The third-order valence-corrected chi connectivity index (χ3v) is 6.71. The average molecular weight is 305 g/mol. The van der Waals surface area contributed by atoms with Gasteiger partial charge in [0.1, 0.15) is 4.21 Å². The number of sulfonamides is 1. The lowest BCUT2D eigenvalue weighted by atomic mass is 10.1. The van der Waals surface area contributed by atoms with Crippen LogP contribution in [0.1, 0.15) is 32.1 Å². The normalized spacial score (nSPS) is 13.9. The highest BCUT2D eigenvalue weighted by molar-refractivity contribution is 7.91. The highest BCUT2D eigenvalue weighted by atomic mass is 32.2. The Kier molecular flexibility index (Phi) is 6.46. The Morgan fingerprint density at radius 2 is 2.05 bits per heavy atom. The van der Waals surface area contributed by atoms with Crippen molar-refractivity contribution >= 4 is 21.4 Å². The Labute approximate surface area is 120 Å². The van der Waals surface area contributed by atoms with E-state index in [1.165, 1.54) is 15.6 Å². The summed E-state index contributed by atoms with van der Waals surface area (Å²) in [6.45, 7) is 7.08. The first-order valence-corrected chi connectivity index (χ1v) is 8.91. The molecule has 0 saturated carbocycles. The molecule has 0 aliphatic rings. The molecular weight excluding hydrogens is 282 g/mol. The van der Waals surface area contributed by atoms with Crippen LogP contribution < -0.4 is 0 Å². The van der Waals surface area contributed by atoms with E-state index >= 15 is 0 Å². The van der Waals surface area contributed by atoms with E-state index < -0.39 is 10.0 Å². The Morgan fingerprint density at radius 3 is 2.58 bits per heavy atom. The molecule has 0 radical (unpaired) electrons. The summed E-state index contributed by atoms with van der Waals surface area (Å²) in [6.07, 6.45) is 1.48. The zero-order valence-electron chi connectivity index (χ0n) is 11.8. The molecule has 1 aromatic heterocycles. The van der Waals surface area contributed by atoms with Gasteiger partial charge in [0, 0.05) is 31.0 Å². The summed E-state index contributed by atoms with van der Waals surface area (Å²) in [5.74, 6) is 0.353. The maximum Gasteiger partial charge on any atom is 0.252 e. The predicted octanol–water partition coefficient (Wildman–Crippen LogP) is 2.34. The molecule has 1 N–H and O–H groups in total. The monoisotopic (exact) mass is 305 g/mol. The zero-order chi connectivity index (χ0) is 14.5. The molecule has 6 heteroatoms. The maximum atomic E-state index is 12.5.